The molecule has 21 heavy (non-hydrogen) atoms. The predicted octanol–water partition coefficient (Wildman–Crippen LogP) is 3.25. The van der Waals surface area contributed by atoms with Gasteiger partial charge in [0.15, 0.2) is 0 Å². The molecule has 2 N–H and O–H groups in total. The molecule has 1 heterocycles. The summed E-state index contributed by atoms with van der Waals surface area (Å²) in [4.78, 5) is 11.1. The summed E-state index contributed by atoms with van der Waals surface area (Å²) in [5, 5.41) is 8.99. The van der Waals surface area contributed by atoms with Crippen molar-refractivity contribution in [2.24, 2.45) is 5.92 Å². The van der Waals surface area contributed by atoms with E-state index < -0.39 is 16.0 Å². The lowest BCUT2D eigenvalue weighted by molar-refractivity contribution is 0.0701. The van der Waals surface area contributed by atoms with E-state index >= 15 is 0 Å². The topological polar surface area (TPSA) is 83.5 Å². The number of carbonyl (C=O) groups is 1. The van der Waals surface area contributed by atoms with E-state index in [0.717, 1.165) is 37.0 Å². The molecule has 1 aromatic heterocycles. The molecule has 0 saturated carbocycles. The zero-order valence-corrected chi connectivity index (χ0v) is 14.3. The van der Waals surface area contributed by atoms with E-state index in [9.17, 15) is 13.2 Å². The van der Waals surface area contributed by atoms with Crippen LogP contribution in [0.25, 0.3) is 0 Å². The van der Waals surface area contributed by atoms with Crippen LogP contribution in [0, 0.1) is 12.8 Å². The van der Waals surface area contributed by atoms with Crippen molar-refractivity contribution in [3.8, 4) is 0 Å². The molecule has 1 rings (SSSR count). The fraction of sp³-hybridized carbons (Fsp3) is 0.643. The number of unbranched alkanes of at least 4 members (excludes halogenated alkanes) is 1. The summed E-state index contributed by atoms with van der Waals surface area (Å²) in [7, 11) is -3.62. The minimum absolute atomic E-state index is 0.0720. The smallest absolute Gasteiger partial charge is 0.346 e. The lowest BCUT2D eigenvalue weighted by Crippen LogP contribution is -2.28. The lowest BCUT2D eigenvalue weighted by atomic mass is 10.00. The van der Waals surface area contributed by atoms with Crippen LogP contribution in [0.3, 0.4) is 0 Å². The molecule has 0 amide bonds. The average Bonchev–Trinajstić information content (AvgIpc) is 2.82. The maximum absolute atomic E-state index is 12.2. The standard InChI is InChI=1S/C14H23NO4S2/c1-4-6-7-11(5-2)9-15-21(18,19)12-8-10(3)13(20-12)14(16)17/h8,11,15H,4-7,9H2,1-3H3,(H,16,17). The van der Waals surface area contributed by atoms with Gasteiger partial charge < -0.3 is 5.11 Å². The van der Waals surface area contributed by atoms with Crippen LogP contribution in [0.2, 0.25) is 0 Å². The average molecular weight is 333 g/mol. The molecular formula is C14H23NO4S2. The summed E-state index contributed by atoms with van der Waals surface area (Å²) < 4.78 is 27.1. The van der Waals surface area contributed by atoms with Crippen LogP contribution < -0.4 is 4.72 Å². The van der Waals surface area contributed by atoms with Crippen molar-refractivity contribution in [1.29, 1.82) is 0 Å². The normalized spacial score (nSPS) is 13.3. The van der Waals surface area contributed by atoms with Crippen LogP contribution in [0.15, 0.2) is 10.3 Å². The Hall–Kier alpha value is -0.920. The highest BCUT2D eigenvalue weighted by Gasteiger charge is 2.22. The van der Waals surface area contributed by atoms with Crippen molar-refractivity contribution in [3.05, 3.63) is 16.5 Å². The summed E-state index contributed by atoms with van der Waals surface area (Å²) in [6.07, 6.45) is 4.10. The zero-order valence-electron chi connectivity index (χ0n) is 12.7. The van der Waals surface area contributed by atoms with Gasteiger partial charge in [-0.05, 0) is 30.9 Å². The monoisotopic (exact) mass is 333 g/mol. The first-order valence-electron chi connectivity index (χ1n) is 7.15. The summed E-state index contributed by atoms with van der Waals surface area (Å²) in [5.41, 5.74) is 0.478. The molecular weight excluding hydrogens is 310 g/mol. The second-order valence-electron chi connectivity index (χ2n) is 5.15. The first-order valence-corrected chi connectivity index (χ1v) is 9.45. The minimum atomic E-state index is -3.62. The summed E-state index contributed by atoms with van der Waals surface area (Å²) in [6, 6.07) is 1.42. The molecule has 120 valence electrons. The molecule has 0 aliphatic heterocycles. The van der Waals surface area contributed by atoms with Crippen molar-refractivity contribution >= 4 is 27.3 Å². The van der Waals surface area contributed by atoms with Crippen LogP contribution in [-0.4, -0.2) is 26.0 Å². The molecule has 5 nitrogen and oxygen atoms in total. The van der Waals surface area contributed by atoms with E-state index in [4.69, 9.17) is 5.11 Å². The minimum Gasteiger partial charge on any atom is -0.477 e. The Bertz CT molecular complexity index is 578. The molecule has 0 bridgehead atoms. The van der Waals surface area contributed by atoms with Crippen LogP contribution in [0.5, 0.6) is 0 Å². The molecule has 0 fully saturated rings. The Morgan fingerprint density at radius 3 is 2.57 bits per heavy atom. The number of carboxylic acid groups (broad SMARTS) is 1. The Morgan fingerprint density at radius 2 is 2.10 bits per heavy atom. The van der Waals surface area contributed by atoms with Gasteiger partial charge in [-0.1, -0.05) is 33.1 Å². The third-order valence-electron chi connectivity index (χ3n) is 3.46. The first kappa shape index (κ1) is 18.1. The van der Waals surface area contributed by atoms with Gasteiger partial charge in [0, 0.05) is 6.54 Å². The Balaban J connectivity index is 2.77. The Morgan fingerprint density at radius 1 is 1.43 bits per heavy atom. The number of carboxylic acids is 1. The molecule has 1 unspecified atom stereocenters. The SMILES string of the molecule is CCCCC(CC)CNS(=O)(=O)c1cc(C)c(C(=O)O)s1. The van der Waals surface area contributed by atoms with Gasteiger partial charge in [-0.2, -0.15) is 0 Å². The van der Waals surface area contributed by atoms with Crippen LogP contribution >= 0.6 is 11.3 Å². The van der Waals surface area contributed by atoms with Gasteiger partial charge in [0.05, 0.1) is 0 Å². The van der Waals surface area contributed by atoms with Crippen molar-refractivity contribution in [3.63, 3.8) is 0 Å². The van der Waals surface area contributed by atoms with Crippen molar-refractivity contribution in [1.82, 2.24) is 4.72 Å². The van der Waals surface area contributed by atoms with E-state index in [2.05, 4.69) is 11.6 Å². The van der Waals surface area contributed by atoms with Crippen molar-refractivity contribution in [2.45, 2.75) is 50.7 Å². The number of aryl methyl sites for hydroxylation is 1. The number of sulfonamides is 1. The summed E-state index contributed by atoms with van der Waals surface area (Å²) in [6.45, 7) is 6.17. The van der Waals surface area contributed by atoms with E-state index in [1.807, 2.05) is 6.92 Å². The van der Waals surface area contributed by atoms with Gasteiger partial charge in [-0.3, -0.25) is 0 Å². The second-order valence-corrected chi connectivity index (χ2v) is 8.20. The molecule has 0 saturated heterocycles. The number of aromatic carboxylic acids is 1. The Labute approximate surface area is 130 Å². The van der Waals surface area contributed by atoms with Gasteiger partial charge in [-0.15, -0.1) is 11.3 Å². The molecule has 1 atom stereocenters. The Kier molecular flexibility index (Phi) is 6.83. The van der Waals surface area contributed by atoms with Crippen molar-refractivity contribution in [2.75, 3.05) is 6.54 Å². The number of hydrogen-bond donors (Lipinski definition) is 2. The highest BCUT2D eigenvalue weighted by Crippen LogP contribution is 2.26. The van der Waals surface area contributed by atoms with E-state index in [0.29, 0.717) is 18.0 Å². The number of hydrogen-bond acceptors (Lipinski definition) is 4. The van der Waals surface area contributed by atoms with Gasteiger partial charge in [0.25, 0.3) is 0 Å². The van der Waals surface area contributed by atoms with Crippen LogP contribution in [-0.2, 0) is 10.0 Å². The highest BCUT2D eigenvalue weighted by atomic mass is 32.2. The largest absolute Gasteiger partial charge is 0.477 e. The summed E-state index contributed by atoms with van der Waals surface area (Å²) in [5.74, 6) is -0.770. The fourth-order valence-corrected chi connectivity index (χ4v) is 4.58. The third-order valence-corrected chi connectivity index (χ3v) is 6.58. The van der Waals surface area contributed by atoms with E-state index in [1.165, 1.54) is 6.07 Å². The fourth-order valence-electron chi connectivity index (χ4n) is 2.04. The molecule has 0 radical (unpaired) electrons. The number of thiophene rings is 1. The summed E-state index contributed by atoms with van der Waals surface area (Å²) >= 11 is 0.802. The zero-order chi connectivity index (χ0) is 16.0. The predicted molar refractivity (Wildman–Crippen MR) is 84.5 cm³/mol. The molecule has 0 spiro atoms. The van der Waals surface area contributed by atoms with Gasteiger partial charge in [0.1, 0.15) is 9.09 Å². The highest BCUT2D eigenvalue weighted by molar-refractivity contribution is 7.91. The van der Waals surface area contributed by atoms with E-state index in [1.54, 1.807) is 6.92 Å². The third kappa shape index (κ3) is 5.09. The molecule has 0 aliphatic carbocycles. The van der Waals surface area contributed by atoms with Gasteiger partial charge >= 0.3 is 5.97 Å². The number of rotatable bonds is 9. The van der Waals surface area contributed by atoms with Gasteiger partial charge in [-0.25, -0.2) is 17.9 Å². The molecule has 0 aliphatic rings. The number of nitrogens with one attached hydrogen (secondary N) is 1. The second kappa shape index (κ2) is 7.91. The quantitative estimate of drug-likeness (QED) is 0.726. The van der Waals surface area contributed by atoms with Gasteiger partial charge in [0.2, 0.25) is 10.0 Å². The van der Waals surface area contributed by atoms with E-state index in [-0.39, 0.29) is 9.09 Å². The lowest BCUT2D eigenvalue weighted by Gasteiger charge is -2.14. The van der Waals surface area contributed by atoms with Crippen LogP contribution in [0.1, 0.15) is 54.8 Å². The molecule has 1 aromatic rings. The molecule has 7 heteroatoms. The maximum Gasteiger partial charge on any atom is 0.346 e. The van der Waals surface area contributed by atoms with Crippen molar-refractivity contribution < 1.29 is 18.3 Å². The molecule has 0 aromatic carbocycles. The van der Waals surface area contributed by atoms with Crippen LogP contribution in [0.4, 0.5) is 0 Å². The maximum atomic E-state index is 12.2. The first-order chi connectivity index (χ1) is 9.81.